The summed E-state index contributed by atoms with van der Waals surface area (Å²) >= 11 is 6.16. The average Bonchev–Trinajstić information content (AvgIpc) is 2.55. The van der Waals surface area contributed by atoms with Crippen LogP contribution in [0.2, 0.25) is 5.02 Å². The number of amides is 2. The third kappa shape index (κ3) is 3.44. The van der Waals surface area contributed by atoms with Crippen molar-refractivity contribution in [3.05, 3.63) is 17.2 Å². The Bertz CT molecular complexity index is 637. The normalized spacial score (nSPS) is 20.0. The Labute approximate surface area is 138 Å². The van der Waals surface area contributed by atoms with Crippen molar-refractivity contribution in [3.63, 3.8) is 0 Å². The van der Waals surface area contributed by atoms with Crippen LogP contribution in [-0.2, 0) is 4.79 Å². The summed E-state index contributed by atoms with van der Waals surface area (Å²) in [5, 5.41) is 12.2. The lowest BCUT2D eigenvalue weighted by Crippen LogP contribution is -2.44. The number of hydrogen-bond donors (Lipinski definition) is 2. The summed E-state index contributed by atoms with van der Waals surface area (Å²) in [5.74, 6) is -0.328. The fraction of sp³-hybridized carbons (Fsp3) is 0.467. The van der Waals surface area contributed by atoms with E-state index in [0.29, 0.717) is 54.8 Å². The molecule has 1 fully saturated rings. The Morgan fingerprint density at radius 1 is 1.26 bits per heavy atom. The lowest BCUT2D eigenvalue weighted by molar-refractivity contribution is -0.143. The van der Waals surface area contributed by atoms with Crippen molar-refractivity contribution in [1.29, 1.82) is 0 Å². The molecule has 1 aromatic rings. The number of carboxylic acid groups (broad SMARTS) is 1. The second-order valence-electron chi connectivity index (χ2n) is 5.53. The van der Waals surface area contributed by atoms with E-state index in [4.69, 9.17) is 26.2 Å². The first kappa shape index (κ1) is 15.7. The van der Waals surface area contributed by atoms with Crippen molar-refractivity contribution < 1.29 is 24.2 Å². The Morgan fingerprint density at radius 3 is 2.65 bits per heavy atom. The average molecular weight is 341 g/mol. The molecule has 1 atom stereocenters. The number of nitrogens with one attached hydrogen (secondary N) is 1. The van der Waals surface area contributed by atoms with E-state index >= 15 is 0 Å². The molecule has 2 aliphatic heterocycles. The molecule has 7 nitrogen and oxygen atoms in total. The van der Waals surface area contributed by atoms with Crippen LogP contribution in [0.5, 0.6) is 11.5 Å². The number of ether oxygens (including phenoxy) is 2. The molecule has 23 heavy (non-hydrogen) atoms. The molecule has 0 aliphatic carbocycles. The first-order valence-corrected chi connectivity index (χ1v) is 7.80. The minimum absolute atomic E-state index is 0.198. The van der Waals surface area contributed by atoms with Crippen molar-refractivity contribution in [1.82, 2.24) is 4.90 Å². The van der Waals surface area contributed by atoms with Crippen LogP contribution in [0, 0.1) is 5.92 Å². The van der Waals surface area contributed by atoms with Gasteiger partial charge >= 0.3 is 12.0 Å². The smallest absolute Gasteiger partial charge is 0.321 e. The van der Waals surface area contributed by atoms with Gasteiger partial charge in [0.25, 0.3) is 0 Å². The fourth-order valence-electron chi connectivity index (χ4n) is 2.72. The molecule has 1 unspecified atom stereocenters. The van der Waals surface area contributed by atoms with Crippen LogP contribution in [-0.4, -0.2) is 48.3 Å². The number of piperidine rings is 1. The van der Waals surface area contributed by atoms with Gasteiger partial charge in [-0.1, -0.05) is 11.6 Å². The maximum Gasteiger partial charge on any atom is 0.321 e. The van der Waals surface area contributed by atoms with Crippen molar-refractivity contribution in [3.8, 4) is 11.5 Å². The van der Waals surface area contributed by atoms with E-state index in [1.165, 1.54) is 4.90 Å². The third-order valence-corrected chi connectivity index (χ3v) is 4.24. The quantitative estimate of drug-likeness (QED) is 0.863. The minimum atomic E-state index is -0.875. The summed E-state index contributed by atoms with van der Waals surface area (Å²) in [4.78, 5) is 24.9. The Morgan fingerprint density at radius 2 is 1.96 bits per heavy atom. The number of hydrogen-bond acceptors (Lipinski definition) is 4. The molecule has 0 bridgehead atoms. The molecule has 2 aliphatic rings. The van der Waals surface area contributed by atoms with Gasteiger partial charge in [0.1, 0.15) is 13.2 Å². The van der Waals surface area contributed by atoms with Crippen molar-refractivity contribution in [2.75, 3.05) is 31.6 Å². The largest absolute Gasteiger partial charge is 0.486 e. The summed E-state index contributed by atoms with van der Waals surface area (Å²) in [6.07, 6.45) is 1.25. The van der Waals surface area contributed by atoms with Gasteiger partial charge in [-0.05, 0) is 12.8 Å². The first-order chi connectivity index (χ1) is 11.0. The van der Waals surface area contributed by atoms with Gasteiger partial charge in [0, 0.05) is 25.2 Å². The summed E-state index contributed by atoms with van der Waals surface area (Å²) < 4.78 is 10.9. The molecule has 0 spiro atoms. The number of likely N-dealkylation sites (tertiary alicyclic amines) is 1. The van der Waals surface area contributed by atoms with Crippen LogP contribution in [0.3, 0.4) is 0 Å². The number of rotatable bonds is 2. The zero-order valence-electron chi connectivity index (χ0n) is 12.4. The maximum absolute atomic E-state index is 12.3. The molecule has 124 valence electrons. The van der Waals surface area contributed by atoms with Gasteiger partial charge in [-0.3, -0.25) is 4.79 Å². The molecular weight excluding hydrogens is 324 g/mol. The second-order valence-corrected chi connectivity index (χ2v) is 5.94. The van der Waals surface area contributed by atoms with E-state index in [1.54, 1.807) is 12.1 Å². The molecule has 3 rings (SSSR count). The molecule has 2 heterocycles. The highest BCUT2D eigenvalue weighted by Gasteiger charge is 2.28. The highest BCUT2D eigenvalue weighted by Crippen LogP contribution is 2.38. The highest BCUT2D eigenvalue weighted by molar-refractivity contribution is 6.34. The molecule has 1 aromatic carbocycles. The van der Waals surface area contributed by atoms with Gasteiger partial charge in [-0.25, -0.2) is 4.79 Å². The van der Waals surface area contributed by atoms with E-state index in [9.17, 15) is 9.59 Å². The van der Waals surface area contributed by atoms with Gasteiger partial charge in [0.05, 0.1) is 16.6 Å². The molecular formula is C15H17ClN2O5. The van der Waals surface area contributed by atoms with E-state index in [2.05, 4.69) is 5.32 Å². The number of halogens is 1. The molecule has 2 N–H and O–H groups in total. The number of carbonyl (C=O) groups excluding carboxylic acids is 1. The number of fused-ring (bicyclic) bond motifs is 1. The molecule has 0 radical (unpaired) electrons. The molecule has 0 saturated carbocycles. The van der Waals surface area contributed by atoms with Crippen LogP contribution in [0.25, 0.3) is 0 Å². The zero-order valence-corrected chi connectivity index (χ0v) is 13.1. The van der Waals surface area contributed by atoms with Crippen LogP contribution in [0.1, 0.15) is 12.8 Å². The monoisotopic (exact) mass is 340 g/mol. The summed E-state index contributed by atoms with van der Waals surface area (Å²) in [6, 6.07) is 2.85. The standard InChI is InChI=1S/C15H17ClN2O5/c16-10-6-12-13(23-5-4-22-12)7-11(10)17-15(21)18-3-1-2-9(8-18)14(19)20/h6-7,9H,1-5,8H2,(H,17,21)(H,19,20). The van der Waals surface area contributed by atoms with Crippen LogP contribution < -0.4 is 14.8 Å². The van der Waals surface area contributed by atoms with E-state index in [-0.39, 0.29) is 12.6 Å². The number of anilines is 1. The Hall–Kier alpha value is -2.15. The third-order valence-electron chi connectivity index (χ3n) is 3.93. The maximum atomic E-state index is 12.3. The molecule has 2 amide bonds. The highest BCUT2D eigenvalue weighted by atomic mass is 35.5. The number of carbonyl (C=O) groups is 2. The molecule has 0 aromatic heterocycles. The SMILES string of the molecule is O=C(O)C1CCCN(C(=O)Nc2cc3c(cc2Cl)OCCO3)C1. The van der Waals surface area contributed by atoms with Crippen LogP contribution in [0.15, 0.2) is 12.1 Å². The number of benzene rings is 1. The predicted octanol–water partition coefficient (Wildman–Crippen LogP) is 2.44. The van der Waals surface area contributed by atoms with Crippen molar-refractivity contribution in [2.45, 2.75) is 12.8 Å². The van der Waals surface area contributed by atoms with Crippen molar-refractivity contribution >= 4 is 29.3 Å². The minimum Gasteiger partial charge on any atom is -0.486 e. The number of carboxylic acids is 1. The van der Waals surface area contributed by atoms with Crippen molar-refractivity contribution in [2.24, 2.45) is 5.92 Å². The lowest BCUT2D eigenvalue weighted by Gasteiger charge is -2.31. The van der Waals surface area contributed by atoms with Crippen LogP contribution >= 0.6 is 11.6 Å². The summed E-state index contributed by atoms with van der Waals surface area (Å²) in [6.45, 7) is 1.62. The van der Waals surface area contributed by atoms with Crippen LogP contribution in [0.4, 0.5) is 10.5 Å². The first-order valence-electron chi connectivity index (χ1n) is 7.42. The summed E-state index contributed by atoms with van der Waals surface area (Å²) in [5.41, 5.74) is 0.415. The predicted molar refractivity (Wildman–Crippen MR) is 83.4 cm³/mol. The van der Waals surface area contributed by atoms with Gasteiger partial charge in [0.2, 0.25) is 0 Å². The van der Waals surface area contributed by atoms with E-state index < -0.39 is 11.9 Å². The van der Waals surface area contributed by atoms with E-state index in [0.717, 1.165) is 0 Å². The van der Waals surface area contributed by atoms with Gasteiger partial charge in [-0.15, -0.1) is 0 Å². The van der Waals surface area contributed by atoms with Gasteiger partial charge in [-0.2, -0.15) is 0 Å². The number of nitrogens with zero attached hydrogens (tertiary/aromatic N) is 1. The molecule has 8 heteroatoms. The fourth-order valence-corrected chi connectivity index (χ4v) is 2.92. The lowest BCUT2D eigenvalue weighted by atomic mass is 9.99. The topological polar surface area (TPSA) is 88.1 Å². The number of urea groups is 1. The Kier molecular flexibility index (Phi) is 4.47. The zero-order chi connectivity index (χ0) is 16.4. The van der Waals surface area contributed by atoms with Gasteiger partial charge in [0.15, 0.2) is 11.5 Å². The summed E-state index contributed by atoms with van der Waals surface area (Å²) in [7, 11) is 0. The second kappa shape index (κ2) is 6.54. The molecule has 1 saturated heterocycles. The van der Waals surface area contributed by atoms with Gasteiger partial charge < -0.3 is 24.8 Å². The number of aliphatic carboxylic acids is 1. The van der Waals surface area contributed by atoms with E-state index in [1.807, 2.05) is 0 Å². The Balaban J connectivity index is 1.71.